The highest BCUT2D eigenvalue weighted by Gasteiger charge is 2.38. The summed E-state index contributed by atoms with van der Waals surface area (Å²) in [6.07, 6.45) is 5.85. The molecule has 4 nitrogen and oxygen atoms in total. The summed E-state index contributed by atoms with van der Waals surface area (Å²) in [5, 5.41) is 2.83. The van der Waals surface area contributed by atoms with E-state index in [-0.39, 0.29) is 12.0 Å². The van der Waals surface area contributed by atoms with Crippen LogP contribution in [0, 0.1) is 0 Å². The van der Waals surface area contributed by atoms with Crippen molar-refractivity contribution in [3.8, 4) is 39.9 Å². The molecular formula is C31H20ClN3O. The molecule has 0 amide bonds. The van der Waals surface area contributed by atoms with Crippen LogP contribution in [0.3, 0.4) is 0 Å². The molecule has 5 heteroatoms. The van der Waals surface area contributed by atoms with Crippen molar-refractivity contribution in [2.24, 2.45) is 0 Å². The molecule has 7 rings (SSSR count). The minimum absolute atomic E-state index is 0.0425. The van der Waals surface area contributed by atoms with Crippen molar-refractivity contribution in [1.29, 1.82) is 0 Å². The molecule has 2 heterocycles. The van der Waals surface area contributed by atoms with Crippen LogP contribution < -0.4 is 4.74 Å². The molecule has 0 fully saturated rings. The SMILES string of the molecule is ClC1=CC=CC2Oc3c(cc(-c4nc(-c5ccccc5)nc(-c5ccccc5)n4)c4ccccc34)C12. The predicted octanol–water partition coefficient (Wildman–Crippen LogP) is 7.56. The number of nitrogens with zero attached hydrogens (tertiary/aromatic N) is 3. The van der Waals surface area contributed by atoms with Crippen LogP contribution in [0.25, 0.3) is 44.9 Å². The van der Waals surface area contributed by atoms with Crippen molar-refractivity contribution in [1.82, 2.24) is 15.0 Å². The molecule has 36 heavy (non-hydrogen) atoms. The second-order valence-corrected chi connectivity index (χ2v) is 9.36. The number of fused-ring (bicyclic) bond motifs is 5. The van der Waals surface area contributed by atoms with Gasteiger partial charge in [0.05, 0.1) is 5.92 Å². The van der Waals surface area contributed by atoms with E-state index in [1.165, 1.54) is 0 Å². The normalized spacial score (nSPS) is 17.9. The molecule has 5 aromatic rings. The van der Waals surface area contributed by atoms with Crippen LogP contribution in [0.5, 0.6) is 5.75 Å². The maximum Gasteiger partial charge on any atom is 0.164 e. The van der Waals surface area contributed by atoms with Crippen molar-refractivity contribution in [3.05, 3.63) is 120 Å². The Balaban J connectivity index is 1.50. The zero-order valence-corrected chi connectivity index (χ0v) is 19.9. The third-order valence-corrected chi connectivity index (χ3v) is 7.10. The summed E-state index contributed by atoms with van der Waals surface area (Å²) in [6, 6.07) is 30.4. The van der Waals surface area contributed by atoms with Crippen LogP contribution in [-0.4, -0.2) is 21.1 Å². The Bertz CT molecular complexity index is 1620. The van der Waals surface area contributed by atoms with Gasteiger partial charge in [-0.25, -0.2) is 15.0 Å². The van der Waals surface area contributed by atoms with Gasteiger partial charge >= 0.3 is 0 Å². The zero-order chi connectivity index (χ0) is 24.1. The summed E-state index contributed by atoms with van der Waals surface area (Å²) in [4.78, 5) is 14.8. The molecule has 0 saturated heterocycles. The first-order valence-corrected chi connectivity index (χ1v) is 12.3. The van der Waals surface area contributed by atoms with Crippen LogP contribution in [0.4, 0.5) is 0 Å². The highest BCUT2D eigenvalue weighted by Crippen LogP contribution is 2.50. The van der Waals surface area contributed by atoms with E-state index in [0.29, 0.717) is 17.5 Å². The summed E-state index contributed by atoms with van der Waals surface area (Å²) >= 11 is 6.69. The van der Waals surface area contributed by atoms with E-state index in [2.05, 4.69) is 24.3 Å². The molecule has 2 unspecified atom stereocenters. The number of ether oxygens (including phenoxy) is 1. The van der Waals surface area contributed by atoms with Gasteiger partial charge in [0, 0.05) is 32.7 Å². The Morgan fingerprint density at radius 1 is 0.667 bits per heavy atom. The van der Waals surface area contributed by atoms with Gasteiger partial charge in [0.25, 0.3) is 0 Å². The van der Waals surface area contributed by atoms with Crippen LogP contribution in [0.1, 0.15) is 11.5 Å². The average molecular weight is 486 g/mol. The Morgan fingerprint density at radius 2 is 1.25 bits per heavy atom. The summed E-state index contributed by atoms with van der Waals surface area (Å²) in [6.45, 7) is 0. The molecule has 4 aromatic carbocycles. The summed E-state index contributed by atoms with van der Waals surface area (Å²) < 4.78 is 6.41. The minimum atomic E-state index is -0.116. The van der Waals surface area contributed by atoms with Crippen molar-refractivity contribution in [2.45, 2.75) is 12.0 Å². The highest BCUT2D eigenvalue weighted by atomic mass is 35.5. The van der Waals surface area contributed by atoms with Gasteiger partial charge < -0.3 is 4.74 Å². The van der Waals surface area contributed by atoms with E-state index < -0.39 is 0 Å². The van der Waals surface area contributed by atoms with Gasteiger partial charge in [-0.05, 0) is 23.6 Å². The zero-order valence-electron chi connectivity index (χ0n) is 19.2. The molecule has 2 aliphatic rings. The Morgan fingerprint density at radius 3 is 1.92 bits per heavy atom. The van der Waals surface area contributed by atoms with E-state index in [0.717, 1.165) is 43.8 Å². The molecule has 1 aliphatic carbocycles. The van der Waals surface area contributed by atoms with Gasteiger partial charge in [-0.1, -0.05) is 103 Å². The van der Waals surface area contributed by atoms with Crippen molar-refractivity contribution >= 4 is 22.4 Å². The molecule has 1 aromatic heterocycles. The first-order chi connectivity index (χ1) is 17.8. The second-order valence-electron chi connectivity index (χ2n) is 8.92. The van der Waals surface area contributed by atoms with Crippen LogP contribution in [0.2, 0.25) is 0 Å². The summed E-state index contributed by atoms with van der Waals surface area (Å²) in [5.74, 6) is 2.73. The minimum Gasteiger partial charge on any atom is -0.484 e. The van der Waals surface area contributed by atoms with Crippen molar-refractivity contribution in [3.63, 3.8) is 0 Å². The fraction of sp³-hybridized carbons (Fsp3) is 0.0645. The lowest BCUT2D eigenvalue weighted by Gasteiger charge is -2.18. The molecular weight excluding hydrogens is 466 g/mol. The summed E-state index contributed by atoms with van der Waals surface area (Å²) in [7, 11) is 0. The fourth-order valence-corrected chi connectivity index (χ4v) is 5.36. The number of hydrogen-bond acceptors (Lipinski definition) is 4. The Hall–Kier alpha value is -4.28. The third kappa shape index (κ3) is 3.42. The number of hydrogen-bond donors (Lipinski definition) is 0. The van der Waals surface area contributed by atoms with Gasteiger partial charge in [-0.15, -0.1) is 0 Å². The molecule has 0 bridgehead atoms. The number of rotatable bonds is 3. The maximum atomic E-state index is 6.69. The molecule has 1 aliphatic heterocycles. The molecule has 172 valence electrons. The first-order valence-electron chi connectivity index (χ1n) is 11.9. The third-order valence-electron chi connectivity index (χ3n) is 6.74. The van der Waals surface area contributed by atoms with Gasteiger partial charge in [0.15, 0.2) is 17.5 Å². The number of halogens is 1. The lowest BCUT2D eigenvalue weighted by atomic mass is 9.88. The van der Waals surface area contributed by atoms with Crippen LogP contribution >= 0.6 is 11.6 Å². The first kappa shape index (κ1) is 21.0. The second kappa shape index (κ2) is 8.43. The predicted molar refractivity (Wildman–Crippen MR) is 144 cm³/mol. The monoisotopic (exact) mass is 485 g/mol. The van der Waals surface area contributed by atoms with E-state index in [1.54, 1.807) is 0 Å². The van der Waals surface area contributed by atoms with E-state index in [4.69, 9.17) is 31.3 Å². The van der Waals surface area contributed by atoms with Crippen molar-refractivity contribution < 1.29 is 4.74 Å². The molecule has 2 atom stereocenters. The van der Waals surface area contributed by atoms with Gasteiger partial charge in [-0.3, -0.25) is 0 Å². The lowest BCUT2D eigenvalue weighted by molar-refractivity contribution is 0.270. The molecule has 0 saturated carbocycles. The van der Waals surface area contributed by atoms with E-state index in [9.17, 15) is 0 Å². The Kier molecular flexibility index (Phi) is 4.93. The van der Waals surface area contributed by atoms with Crippen molar-refractivity contribution in [2.75, 3.05) is 0 Å². The van der Waals surface area contributed by atoms with E-state index in [1.807, 2.05) is 84.9 Å². The number of aromatic nitrogens is 3. The van der Waals surface area contributed by atoms with Gasteiger partial charge in [-0.2, -0.15) is 0 Å². The largest absolute Gasteiger partial charge is 0.484 e. The quantitative estimate of drug-likeness (QED) is 0.264. The highest BCUT2D eigenvalue weighted by molar-refractivity contribution is 6.30. The topological polar surface area (TPSA) is 47.9 Å². The maximum absolute atomic E-state index is 6.69. The van der Waals surface area contributed by atoms with Crippen LogP contribution in [0.15, 0.2) is 114 Å². The molecule has 0 N–H and O–H groups in total. The molecule has 0 radical (unpaired) electrons. The Labute approximate surface area is 213 Å². The number of allylic oxidation sites excluding steroid dienone is 2. The number of benzene rings is 4. The van der Waals surface area contributed by atoms with Crippen LogP contribution in [-0.2, 0) is 0 Å². The standard InChI is InChI=1S/C31H20ClN3O/c32-25-16-9-17-26-27(25)24-18-23(21-14-7-8-15-22(21)28(24)36-26)31-34-29(19-10-3-1-4-11-19)33-30(35-31)20-12-5-2-6-13-20/h1-18,26-27H. The smallest absolute Gasteiger partial charge is 0.164 e. The fourth-order valence-electron chi connectivity index (χ4n) is 5.04. The van der Waals surface area contributed by atoms with Gasteiger partial charge in [0.1, 0.15) is 11.9 Å². The molecule has 0 spiro atoms. The average Bonchev–Trinajstić information content (AvgIpc) is 3.33. The van der Waals surface area contributed by atoms with Gasteiger partial charge in [0.2, 0.25) is 0 Å². The van der Waals surface area contributed by atoms with E-state index >= 15 is 0 Å². The lowest BCUT2D eigenvalue weighted by Crippen LogP contribution is -2.18. The summed E-state index contributed by atoms with van der Waals surface area (Å²) in [5.41, 5.74) is 3.87.